The second kappa shape index (κ2) is 14.7. The van der Waals surface area contributed by atoms with E-state index in [1.54, 1.807) is 0 Å². The molecule has 6 nitrogen and oxygen atoms in total. The van der Waals surface area contributed by atoms with Crippen molar-refractivity contribution in [2.45, 2.75) is 63.5 Å². The maximum atomic E-state index is 13.1. The van der Waals surface area contributed by atoms with Gasteiger partial charge in [-0.25, -0.2) is 0 Å². The van der Waals surface area contributed by atoms with Gasteiger partial charge in [-0.15, -0.1) is 0 Å². The molecule has 8 heteroatoms. The zero-order valence-electron chi connectivity index (χ0n) is 24.2. The maximum absolute atomic E-state index is 13.1. The second-order valence-corrected chi connectivity index (χ2v) is 12.3. The van der Waals surface area contributed by atoms with E-state index in [1.807, 2.05) is 67.4 Å². The Morgan fingerprint density at radius 1 is 0.925 bits per heavy atom. The summed E-state index contributed by atoms with van der Waals surface area (Å²) in [7, 11) is 4.04. The number of carbonyl (C=O) groups excluding carboxylic acids is 2. The van der Waals surface area contributed by atoms with E-state index in [2.05, 4.69) is 21.7 Å². The summed E-state index contributed by atoms with van der Waals surface area (Å²) in [5.41, 5.74) is 1.79. The quantitative estimate of drug-likeness (QED) is 0.340. The lowest BCUT2D eigenvalue weighted by atomic mass is 9.93. The first-order valence-electron chi connectivity index (χ1n) is 14.7. The van der Waals surface area contributed by atoms with Crippen molar-refractivity contribution in [3.8, 4) is 0 Å². The van der Waals surface area contributed by atoms with Gasteiger partial charge >= 0.3 is 0 Å². The van der Waals surface area contributed by atoms with Gasteiger partial charge in [0.1, 0.15) is 0 Å². The molecule has 0 radical (unpaired) electrons. The van der Waals surface area contributed by atoms with Gasteiger partial charge in [0.2, 0.25) is 5.91 Å². The largest absolute Gasteiger partial charge is 0.341 e. The molecule has 2 heterocycles. The van der Waals surface area contributed by atoms with Crippen LogP contribution in [0.5, 0.6) is 0 Å². The fourth-order valence-electron chi connectivity index (χ4n) is 6.26. The van der Waals surface area contributed by atoms with Gasteiger partial charge in [-0.3, -0.25) is 9.59 Å². The van der Waals surface area contributed by atoms with Gasteiger partial charge < -0.3 is 19.6 Å². The van der Waals surface area contributed by atoms with Gasteiger partial charge in [-0.1, -0.05) is 54.4 Å². The number of hydrogen-bond acceptors (Lipinski definition) is 4. The summed E-state index contributed by atoms with van der Waals surface area (Å²) in [6.07, 6.45) is 5.66. The topological polar surface area (TPSA) is 47.1 Å². The molecule has 0 saturated carbocycles. The summed E-state index contributed by atoms with van der Waals surface area (Å²) >= 11 is 12.6. The Balaban J connectivity index is 1.38. The van der Waals surface area contributed by atoms with E-state index < -0.39 is 0 Å². The molecule has 0 bridgehead atoms. The fraction of sp³-hybridized carbons (Fsp3) is 0.562. The summed E-state index contributed by atoms with van der Waals surface area (Å²) in [6.45, 7) is 7.61. The van der Waals surface area contributed by atoms with Crippen molar-refractivity contribution < 1.29 is 9.59 Å². The number of hydrogen-bond donors (Lipinski definition) is 0. The number of rotatable bonds is 10. The number of amides is 2. The molecule has 2 saturated heterocycles. The van der Waals surface area contributed by atoms with E-state index in [-0.39, 0.29) is 11.8 Å². The van der Waals surface area contributed by atoms with Gasteiger partial charge in [0.05, 0.1) is 10.0 Å². The Kier molecular flexibility index (Phi) is 11.3. The van der Waals surface area contributed by atoms with Crippen LogP contribution in [-0.2, 0) is 4.79 Å². The first-order valence-corrected chi connectivity index (χ1v) is 15.5. The molecule has 0 aromatic heterocycles. The average molecular weight is 588 g/mol. The third-order valence-electron chi connectivity index (χ3n) is 8.69. The number of carbonyl (C=O) groups is 2. The molecule has 40 heavy (non-hydrogen) atoms. The van der Waals surface area contributed by atoms with E-state index in [0.29, 0.717) is 46.6 Å². The van der Waals surface area contributed by atoms with E-state index in [9.17, 15) is 9.59 Å². The minimum absolute atomic E-state index is 0.0149. The summed E-state index contributed by atoms with van der Waals surface area (Å²) in [5.74, 6) is 0.447. The van der Waals surface area contributed by atoms with Crippen LogP contribution in [0.3, 0.4) is 0 Å². The normalized spacial score (nSPS) is 18.4. The SMILES string of the molecule is CCC(=O)N(C1CCN(C)CC1)C1CCN(CC[C@H](CN(C)C(=O)c2ccccc2)c2ccc(Cl)c(Cl)c2)CC1. The van der Waals surface area contributed by atoms with Crippen LogP contribution in [0, 0.1) is 0 Å². The monoisotopic (exact) mass is 586 g/mol. The van der Waals surface area contributed by atoms with Crippen molar-refractivity contribution >= 4 is 35.0 Å². The van der Waals surface area contributed by atoms with Gasteiger partial charge in [-0.05, 0) is 88.6 Å². The van der Waals surface area contributed by atoms with Crippen LogP contribution >= 0.6 is 23.2 Å². The van der Waals surface area contributed by atoms with E-state index >= 15 is 0 Å². The van der Waals surface area contributed by atoms with Gasteiger partial charge in [-0.2, -0.15) is 0 Å². The molecule has 2 fully saturated rings. The van der Waals surface area contributed by atoms with Crippen LogP contribution in [0.1, 0.15) is 67.3 Å². The number of piperidine rings is 2. The first kappa shape index (κ1) is 30.8. The average Bonchev–Trinajstić information content (AvgIpc) is 2.98. The molecular weight excluding hydrogens is 543 g/mol. The number of benzene rings is 2. The lowest BCUT2D eigenvalue weighted by molar-refractivity contribution is -0.138. The molecule has 1 atom stereocenters. The Morgan fingerprint density at radius 3 is 2.15 bits per heavy atom. The third-order valence-corrected chi connectivity index (χ3v) is 9.43. The highest BCUT2D eigenvalue weighted by Gasteiger charge is 2.34. The molecule has 2 aliphatic rings. The van der Waals surface area contributed by atoms with Gasteiger partial charge in [0.15, 0.2) is 0 Å². The fourth-order valence-corrected chi connectivity index (χ4v) is 6.57. The second-order valence-electron chi connectivity index (χ2n) is 11.5. The minimum Gasteiger partial charge on any atom is -0.341 e. The zero-order valence-corrected chi connectivity index (χ0v) is 25.7. The summed E-state index contributed by atoms with van der Waals surface area (Å²) in [4.78, 5) is 35.1. The van der Waals surface area contributed by atoms with Crippen molar-refractivity contribution in [2.24, 2.45) is 0 Å². The van der Waals surface area contributed by atoms with Crippen LogP contribution in [0.15, 0.2) is 48.5 Å². The first-order chi connectivity index (χ1) is 19.3. The predicted octanol–water partition coefficient (Wildman–Crippen LogP) is 6.04. The van der Waals surface area contributed by atoms with Crippen LogP contribution in [0.4, 0.5) is 0 Å². The lowest BCUT2D eigenvalue weighted by Crippen LogP contribution is -2.54. The highest BCUT2D eigenvalue weighted by molar-refractivity contribution is 6.42. The third kappa shape index (κ3) is 8.00. The van der Waals surface area contributed by atoms with Crippen molar-refractivity contribution in [1.82, 2.24) is 19.6 Å². The van der Waals surface area contributed by atoms with Gasteiger partial charge in [0.25, 0.3) is 5.91 Å². The highest BCUT2D eigenvalue weighted by Crippen LogP contribution is 2.30. The Labute approximate surface area is 250 Å². The van der Waals surface area contributed by atoms with E-state index in [0.717, 1.165) is 70.4 Å². The van der Waals surface area contributed by atoms with Crippen LogP contribution in [0.25, 0.3) is 0 Å². The number of halogens is 2. The molecule has 2 amide bonds. The van der Waals surface area contributed by atoms with E-state index in [1.165, 1.54) is 0 Å². The number of likely N-dealkylation sites (tertiary alicyclic amines) is 2. The van der Waals surface area contributed by atoms with Crippen molar-refractivity contribution in [1.29, 1.82) is 0 Å². The van der Waals surface area contributed by atoms with E-state index in [4.69, 9.17) is 23.2 Å². The van der Waals surface area contributed by atoms with Crippen molar-refractivity contribution in [2.75, 3.05) is 53.4 Å². The molecule has 0 aliphatic carbocycles. The van der Waals surface area contributed by atoms with Crippen LogP contribution in [0.2, 0.25) is 10.0 Å². The molecule has 0 N–H and O–H groups in total. The van der Waals surface area contributed by atoms with Crippen LogP contribution in [-0.4, -0.2) is 96.9 Å². The molecule has 2 aromatic carbocycles. The highest BCUT2D eigenvalue weighted by atomic mass is 35.5. The minimum atomic E-state index is 0.0149. The Hall–Kier alpha value is -2.12. The molecular formula is C32H44Cl2N4O2. The molecule has 4 rings (SSSR count). The number of nitrogens with zero attached hydrogens (tertiary/aromatic N) is 4. The summed E-state index contributed by atoms with van der Waals surface area (Å²) in [6, 6.07) is 15.9. The Bertz CT molecular complexity index is 1120. The predicted molar refractivity (Wildman–Crippen MR) is 164 cm³/mol. The van der Waals surface area contributed by atoms with Crippen molar-refractivity contribution in [3.63, 3.8) is 0 Å². The molecule has 2 aliphatic heterocycles. The van der Waals surface area contributed by atoms with Gasteiger partial charge in [0, 0.05) is 56.7 Å². The van der Waals surface area contributed by atoms with Crippen molar-refractivity contribution in [3.05, 3.63) is 69.7 Å². The number of likely N-dealkylation sites (N-methyl/N-ethyl adjacent to an activating group) is 1. The molecule has 0 unspecified atom stereocenters. The molecule has 0 spiro atoms. The summed E-state index contributed by atoms with van der Waals surface area (Å²) in [5, 5.41) is 1.08. The zero-order chi connectivity index (χ0) is 28.6. The van der Waals surface area contributed by atoms with Crippen LogP contribution < -0.4 is 0 Å². The smallest absolute Gasteiger partial charge is 0.253 e. The molecule has 218 valence electrons. The maximum Gasteiger partial charge on any atom is 0.253 e. The summed E-state index contributed by atoms with van der Waals surface area (Å²) < 4.78 is 0. The standard InChI is InChI=1S/C32H44Cl2N4O2/c1-4-31(39)38(27-13-17-35(2)18-14-27)28-15-20-37(21-16-28)19-12-26(25-10-11-29(33)30(34)22-25)23-36(3)32(40)24-8-6-5-7-9-24/h5-11,22,26-28H,4,12-21,23H2,1-3H3/t26-/m1/s1. The Morgan fingerprint density at radius 2 is 1.55 bits per heavy atom. The lowest BCUT2D eigenvalue weighted by Gasteiger charge is -2.45. The molecule has 2 aromatic rings.